The molecule has 0 saturated carbocycles. The molecule has 35 heavy (non-hydrogen) atoms. The molecule has 4 aromatic carbocycles. The van der Waals surface area contributed by atoms with Crippen molar-refractivity contribution in [1.82, 2.24) is 4.98 Å². The monoisotopic (exact) mass is 467 g/mol. The minimum absolute atomic E-state index is 0.236. The predicted molar refractivity (Wildman–Crippen MR) is 137 cm³/mol. The maximum absolute atomic E-state index is 11.4. The highest BCUT2D eigenvalue weighted by atomic mass is 16.7. The molecule has 0 amide bonds. The number of nitrogens with one attached hydrogen (secondary N) is 1. The van der Waals surface area contributed by atoms with Crippen molar-refractivity contribution < 1.29 is 24.1 Å². The zero-order valence-electron chi connectivity index (χ0n) is 19.3. The summed E-state index contributed by atoms with van der Waals surface area (Å²) in [7, 11) is 1.63. The van der Waals surface area contributed by atoms with Gasteiger partial charge in [-0.25, -0.2) is 4.79 Å². The molecule has 1 aromatic heterocycles. The number of fused-ring (bicyclic) bond motifs is 2. The van der Waals surface area contributed by atoms with Crippen LogP contribution in [0.2, 0.25) is 0 Å². The zero-order chi connectivity index (χ0) is 24.2. The Bertz CT molecular complexity index is 1500. The van der Waals surface area contributed by atoms with Gasteiger partial charge in [-0.05, 0) is 30.4 Å². The molecule has 0 aliphatic carbocycles. The number of carboxylic acid groups (broad SMARTS) is 1. The zero-order valence-corrected chi connectivity index (χ0v) is 19.3. The van der Waals surface area contributed by atoms with Crippen LogP contribution in [-0.2, 0) is 6.42 Å². The molecule has 2 N–H and O–H groups in total. The van der Waals surface area contributed by atoms with E-state index in [0.717, 1.165) is 49.9 Å². The van der Waals surface area contributed by atoms with Crippen LogP contribution in [0.1, 0.15) is 12.0 Å². The number of benzene rings is 4. The Morgan fingerprint density at radius 1 is 0.829 bits per heavy atom. The van der Waals surface area contributed by atoms with Gasteiger partial charge >= 0.3 is 6.16 Å². The van der Waals surface area contributed by atoms with Crippen molar-refractivity contribution in [3.8, 4) is 28.5 Å². The largest absolute Gasteiger partial charge is 0.512 e. The molecule has 1 heterocycles. The summed E-state index contributed by atoms with van der Waals surface area (Å²) < 4.78 is 16.8. The Labute approximate surface area is 202 Å². The number of hydrogen-bond donors (Lipinski definition) is 2. The lowest BCUT2D eigenvalue weighted by Crippen LogP contribution is -2.06. The maximum atomic E-state index is 11.4. The fourth-order valence-electron chi connectivity index (χ4n) is 4.52. The van der Waals surface area contributed by atoms with Crippen LogP contribution in [0.4, 0.5) is 4.79 Å². The van der Waals surface area contributed by atoms with E-state index < -0.39 is 6.16 Å². The second-order valence-electron chi connectivity index (χ2n) is 8.16. The Balaban J connectivity index is 1.43. The van der Waals surface area contributed by atoms with Crippen LogP contribution in [0.15, 0.2) is 84.9 Å². The molecule has 5 aromatic rings. The highest BCUT2D eigenvalue weighted by molar-refractivity contribution is 5.99. The second-order valence-corrected chi connectivity index (χ2v) is 8.16. The number of H-pyrrole nitrogens is 1. The minimum atomic E-state index is -1.36. The molecule has 5 rings (SSSR count). The van der Waals surface area contributed by atoms with Gasteiger partial charge in [0.05, 0.1) is 19.2 Å². The highest BCUT2D eigenvalue weighted by Crippen LogP contribution is 2.39. The lowest BCUT2D eigenvalue weighted by atomic mass is 10.00. The minimum Gasteiger partial charge on any atom is -0.496 e. The van der Waals surface area contributed by atoms with Gasteiger partial charge in [0.1, 0.15) is 11.5 Å². The van der Waals surface area contributed by atoms with Gasteiger partial charge in [0.15, 0.2) is 0 Å². The van der Waals surface area contributed by atoms with Crippen molar-refractivity contribution in [1.29, 1.82) is 0 Å². The van der Waals surface area contributed by atoms with E-state index in [4.69, 9.17) is 14.2 Å². The lowest BCUT2D eigenvalue weighted by Gasteiger charge is -2.10. The van der Waals surface area contributed by atoms with Crippen LogP contribution in [0, 0.1) is 0 Å². The first-order valence-electron chi connectivity index (χ1n) is 11.4. The molecule has 6 heteroatoms. The number of hydrogen-bond acceptors (Lipinski definition) is 4. The lowest BCUT2D eigenvalue weighted by molar-refractivity contribution is 0.142. The quantitative estimate of drug-likeness (QED) is 0.188. The van der Waals surface area contributed by atoms with E-state index >= 15 is 0 Å². The third-order valence-electron chi connectivity index (χ3n) is 6.07. The summed E-state index contributed by atoms with van der Waals surface area (Å²) in [5.74, 6) is 1.81. The number of para-hydroxylation sites is 2. The van der Waals surface area contributed by atoms with E-state index in [2.05, 4.69) is 17.1 Å². The van der Waals surface area contributed by atoms with Crippen molar-refractivity contribution in [3.63, 3.8) is 0 Å². The summed E-state index contributed by atoms with van der Waals surface area (Å²) >= 11 is 0. The molecule has 0 aliphatic heterocycles. The van der Waals surface area contributed by atoms with Crippen molar-refractivity contribution >= 4 is 27.8 Å². The van der Waals surface area contributed by atoms with Crippen LogP contribution in [0.25, 0.3) is 32.8 Å². The molecule has 0 radical (unpaired) electrons. The van der Waals surface area contributed by atoms with Crippen molar-refractivity contribution in [2.75, 3.05) is 13.7 Å². The number of ether oxygens (including phenoxy) is 3. The van der Waals surface area contributed by atoms with Gasteiger partial charge < -0.3 is 24.3 Å². The SMILES string of the molecule is COc1ccccc1-c1cccc2c(CCCOc3cccc4ccccc34)c(OC(=O)O)[nH]c12. The molecule has 176 valence electrons. The highest BCUT2D eigenvalue weighted by Gasteiger charge is 2.19. The van der Waals surface area contributed by atoms with Crippen LogP contribution in [0.5, 0.6) is 17.4 Å². The number of methoxy groups -OCH3 is 1. The summed E-state index contributed by atoms with van der Waals surface area (Å²) in [5.41, 5.74) is 3.43. The number of aryl methyl sites for hydroxylation is 1. The molecule has 0 fully saturated rings. The van der Waals surface area contributed by atoms with Gasteiger partial charge in [-0.2, -0.15) is 0 Å². The fraction of sp³-hybridized carbons (Fsp3) is 0.138. The molecule has 0 atom stereocenters. The van der Waals surface area contributed by atoms with Crippen LogP contribution < -0.4 is 14.2 Å². The number of carbonyl (C=O) groups is 1. The average Bonchev–Trinajstić information content (AvgIpc) is 3.23. The van der Waals surface area contributed by atoms with Gasteiger partial charge in [-0.15, -0.1) is 0 Å². The van der Waals surface area contributed by atoms with Crippen molar-refractivity contribution in [3.05, 3.63) is 90.5 Å². The first-order chi connectivity index (χ1) is 17.2. The van der Waals surface area contributed by atoms with E-state index in [0.29, 0.717) is 19.4 Å². The van der Waals surface area contributed by atoms with Gasteiger partial charge in [-0.1, -0.05) is 72.8 Å². The fourth-order valence-corrected chi connectivity index (χ4v) is 4.52. The molecule has 0 saturated heterocycles. The van der Waals surface area contributed by atoms with E-state index in [-0.39, 0.29) is 5.88 Å². The third-order valence-corrected chi connectivity index (χ3v) is 6.07. The maximum Gasteiger partial charge on any atom is 0.512 e. The summed E-state index contributed by atoms with van der Waals surface area (Å²) in [6.07, 6.45) is -0.0861. The molecule has 0 spiro atoms. The Morgan fingerprint density at radius 3 is 2.37 bits per heavy atom. The van der Waals surface area contributed by atoms with Crippen molar-refractivity contribution in [2.45, 2.75) is 12.8 Å². The van der Waals surface area contributed by atoms with E-state index in [1.165, 1.54) is 0 Å². The smallest absolute Gasteiger partial charge is 0.496 e. The number of aromatic amines is 1. The van der Waals surface area contributed by atoms with Gasteiger partial charge in [0.2, 0.25) is 5.88 Å². The van der Waals surface area contributed by atoms with Gasteiger partial charge in [0.25, 0.3) is 0 Å². The Morgan fingerprint density at radius 2 is 1.51 bits per heavy atom. The molecule has 0 bridgehead atoms. The van der Waals surface area contributed by atoms with E-state index in [1.54, 1.807) is 7.11 Å². The molecule has 6 nitrogen and oxygen atoms in total. The number of rotatable bonds is 8. The van der Waals surface area contributed by atoms with Gasteiger partial charge in [0, 0.05) is 27.5 Å². The average molecular weight is 468 g/mol. The topological polar surface area (TPSA) is 80.8 Å². The Kier molecular flexibility index (Phi) is 6.26. The normalized spacial score (nSPS) is 11.0. The van der Waals surface area contributed by atoms with Crippen molar-refractivity contribution in [2.24, 2.45) is 0 Å². The first-order valence-corrected chi connectivity index (χ1v) is 11.4. The van der Waals surface area contributed by atoms with Crippen LogP contribution in [0.3, 0.4) is 0 Å². The van der Waals surface area contributed by atoms with Crippen LogP contribution in [-0.4, -0.2) is 30.0 Å². The van der Waals surface area contributed by atoms with E-state index in [9.17, 15) is 9.90 Å². The summed E-state index contributed by atoms with van der Waals surface area (Å²) in [4.78, 5) is 14.6. The molecule has 0 aliphatic rings. The van der Waals surface area contributed by atoms with E-state index in [1.807, 2.05) is 72.8 Å². The van der Waals surface area contributed by atoms with Gasteiger partial charge in [-0.3, -0.25) is 0 Å². The summed E-state index contributed by atoms with van der Waals surface area (Å²) in [6.45, 7) is 0.486. The molecular weight excluding hydrogens is 442 g/mol. The molecule has 0 unspecified atom stereocenters. The summed E-state index contributed by atoms with van der Waals surface area (Å²) in [6, 6.07) is 27.8. The van der Waals surface area contributed by atoms with Crippen LogP contribution >= 0.6 is 0 Å². The summed E-state index contributed by atoms with van der Waals surface area (Å²) in [5, 5.41) is 12.4. The molecular formula is C29H25NO5. The predicted octanol–water partition coefficient (Wildman–Crippen LogP) is 7.07. The Hall–Kier alpha value is -4.45. The first kappa shape index (κ1) is 22.3. The third kappa shape index (κ3) is 4.51. The second kappa shape index (κ2) is 9.81. The number of aromatic nitrogens is 1. The standard InChI is InChI=1S/C29H25NO5/c1-33-25-16-5-4-12-21(25)22-13-7-14-23-24(28(30-27(22)23)35-29(31)32)15-8-18-34-26-17-6-10-19-9-2-3-11-20(19)26/h2-7,9-14,16-17,30H,8,15,18H2,1H3,(H,31,32).